The first-order chi connectivity index (χ1) is 23.1. The van der Waals surface area contributed by atoms with Gasteiger partial charge in [-0.2, -0.15) is 0 Å². The van der Waals surface area contributed by atoms with Crippen molar-refractivity contribution in [2.45, 2.75) is 38.3 Å². The third-order valence-electron chi connectivity index (χ3n) is 7.07. The third-order valence-corrected chi connectivity index (χ3v) is 9.52. The second kappa shape index (κ2) is 27.0. The summed E-state index contributed by atoms with van der Waals surface area (Å²) in [6.07, 6.45) is 11.1. The Labute approximate surface area is 299 Å². The average Bonchev–Trinajstić information content (AvgIpc) is 3.73. The Bertz CT molecular complexity index is 1240. The maximum absolute atomic E-state index is 11.2. The topological polar surface area (TPSA) is 87.7 Å². The molecule has 1 aliphatic rings. The minimum Gasteiger partial charge on any atom is -0.0622 e. The van der Waals surface area contributed by atoms with E-state index in [4.69, 9.17) is 14.1 Å². The molecule has 0 aromatic heterocycles. The molecule has 0 amide bonds. The minimum absolute atomic E-state index is 0. The van der Waals surface area contributed by atoms with Crippen molar-refractivity contribution >= 4 is 30.1 Å². The molecule has 1 aliphatic carbocycles. The Morgan fingerprint density at radius 2 is 1.06 bits per heavy atom. The second-order valence-corrected chi connectivity index (χ2v) is 12.5. The Balaban J connectivity index is 0.000000394. The number of hydrogen-bond acceptors (Lipinski definition) is 5. The van der Waals surface area contributed by atoms with Gasteiger partial charge in [0.15, 0.2) is 6.29 Å². The molecular weight excluding hydrogens is 661 g/mol. The maximum atomic E-state index is 11.2. The molecule has 6 nitrogen and oxygen atoms in total. The quantitative estimate of drug-likeness (QED) is 0.0615. The summed E-state index contributed by atoms with van der Waals surface area (Å²) < 4.78 is 17.9. The van der Waals surface area contributed by atoms with Crippen molar-refractivity contribution in [3.63, 3.8) is 0 Å². The fourth-order valence-corrected chi connectivity index (χ4v) is 7.02. The maximum Gasteiger partial charge on any atom is 2.00 e. The monoisotopic (exact) mass is 705 g/mol. The van der Waals surface area contributed by atoms with Crippen LogP contribution >= 0.6 is 7.92 Å². The molecule has 3 atom stereocenters. The first-order valence-corrected chi connectivity index (χ1v) is 16.6. The summed E-state index contributed by atoms with van der Waals surface area (Å²) in [6.45, 7) is 6.68. The molecule has 0 spiro atoms. The molecule has 0 saturated heterocycles. The van der Waals surface area contributed by atoms with Crippen LogP contribution in [0.25, 0.3) is 0 Å². The molecule has 0 unspecified atom stereocenters. The van der Waals surface area contributed by atoms with Crippen molar-refractivity contribution < 1.29 is 41.1 Å². The van der Waals surface area contributed by atoms with Gasteiger partial charge in [0.1, 0.15) is 0 Å². The van der Waals surface area contributed by atoms with E-state index in [0.29, 0.717) is 13.0 Å². The van der Waals surface area contributed by atoms with Crippen LogP contribution in [0.3, 0.4) is 0 Å². The van der Waals surface area contributed by atoms with E-state index in [0.717, 1.165) is 5.56 Å². The number of benzene rings is 4. The fourth-order valence-electron chi connectivity index (χ4n) is 4.71. The van der Waals surface area contributed by atoms with Crippen molar-refractivity contribution in [2.75, 3.05) is 14.2 Å². The van der Waals surface area contributed by atoms with Crippen LogP contribution in [-0.2, 0) is 42.5 Å². The van der Waals surface area contributed by atoms with E-state index in [9.17, 15) is 9.90 Å². The molecule has 0 bridgehead atoms. The van der Waals surface area contributed by atoms with Gasteiger partial charge in [-0.1, -0.05) is 127 Å². The minimum atomic E-state index is -0.787. The van der Waals surface area contributed by atoms with Gasteiger partial charge in [-0.3, -0.25) is 6.29 Å². The molecule has 1 saturated carbocycles. The summed E-state index contributed by atoms with van der Waals surface area (Å²) in [7, 11) is 2.65. The SMILES string of the molecule is COC(C[C@@H](NCc1ccccc1)[C@@H]([C-]=O)[C@@H](C)O)OC.[C-]#[O+].[CH]1[CH][CH][CH][CH]1.[Fe+2].c1ccc(P(c2ccccc2)c2ccccc2)cc1. The standard InChI is InChI=1S/C18H15P.C16H24NO4.C5H5.CO.Fe/c1-4-10-16(11-5-1)19(17-12-6-2-7-13-17)18-14-8-3-9-15-18;1-12(19)14(11-18)15(9-16(20-2)21-3)17-10-13-7-5-4-6-8-13;1-2-4-5-3-1;1-2;/h1-15H;4-8,12,14-17,19H,9-10H2,1-3H3;1-5H;;/q;-1;;;+2/t;12-,14+,15-;;;/m.1.../s1. The zero-order valence-corrected chi connectivity index (χ0v) is 29.5. The van der Waals surface area contributed by atoms with E-state index in [2.05, 4.69) is 103 Å². The summed E-state index contributed by atoms with van der Waals surface area (Å²) in [5, 5.41) is 17.2. The largest absolute Gasteiger partial charge is 2.00 e. The van der Waals surface area contributed by atoms with Crippen LogP contribution in [0.5, 0.6) is 0 Å². The molecule has 251 valence electrons. The molecule has 2 N–H and O–H groups in total. The molecule has 0 aliphatic heterocycles. The van der Waals surface area contributed by atoms with Gasteiger partial charge in [-0.05, 0) is 74.5 Å². The number of aliphatic hydroxyl groups is 1. The van der Waals surface area contributed by atoms with Gasteiger partial charge in [-0.25, -0.2) is 0 Å². The van der Waals surface area contributed by atoms with Crippen molar-refractivity contribution in [1.29, 1.82) is 0 Å². The van der Waals surface area contributed by atoms with E-state index in [-0.39, 0.29) is 23.1 Å². The Morgan fingerprint density at radius 3 is 1.38 bits per heavy atom. The van der Waals surface area contributed by atoms with E-state index < -0.39 is 26.2 Å². The summed E-state index contributed by atoms with van der Waals surface area (Å²) in [6, 6.07) is 41.9. The molecule has 4 aromatic carbocycles. The van der Waals surface area contributed by atoms with Gasteiger partial charge < -0.3 is 24.7 Å². The Kier molecular flexibility index (Phi) is 24.2. The summed E-state index contributed by atoms with van der Waals surface area (Å²) in [5.74, 6) is -0.637. The van der Waals surface area contributed by atoms with Crippen molar-refractivity contribution in [2.24, 2.45) is 5.92 Å². The van der Waals surface area contributed by atoms with Crippen molar-refractivity contribution in [3.05, 3.63) is 166 Å². The van der Waals surface area contributed by atoms with Crippen LogP contribution in [-0.4, -0.2) is 44.0 Å². The third kappa shape index (κ3) is 16.0. The average molecular weight is 706 g/mol. The number of carbonyl (C=O) groups excluding carboxylic acids is 1. The molecule has 5 radical (unpaired) electrons. The van der Waals surface area contributed by atoms with Crippen molar-refractivity contribution in [1.82, 2.24) is 5.32 Å². The fraction of sp³-hybridized carbons (Fsp3) is 0.225. The normalized spacial score (nSPS) is 13.6. The number of aliphatic hydroxyl groups excluding tert-OH is 1. The van der Waals surface area contributed by atoms with E-state index in [1.54, 1.807) is 21.1 Å². The second-order valence-electron chi connectivity index (χ2n) is 10.3. The first-order valence-electron chi connectivity index (χ1n) is 15.3. The zero-order chi connectivity index (χ0) is 34.1. The smallest absolute Gasteiger partial charge is 0.0622 e. The summed E-state index contributed by atoms with van der Waals surface area (Å²) in [4.78, 5) is 11.2. The predicted octanol–water partition coefficient (Wildman–Crippen LogP) is 5.69. The van der Waals surface area contributed by atoms with Gasteiger partial charge in [0, 0.05) is 33.3 Å². The van der Waals surface area contributed by atoms with Crippen LogP contribution in [0, 0.1) is 44.7 Å². The van der Waals surface area contributed by atoms with Gasteiger partial charge >= 0.3 is 28.4 Å². The predicted molar refractivity (Wildman–Crippen MR) is 191 cm³/mol. The van der Waals surface area contributed by atoms with Gasteiger partial charge in [0.2, 0.25) is 0 Å². The first kappa shape index (κ1) is 43.1. The molecule has 1 fully saturated rings. The van der Waals surface area contributed by atoms with Gasteiger partial charge in [0.25, 0.3) is 0 Å². The van der Waals surface area contributed by atoms with Crippen LogP contribution in [0.4, 0.5) is 0 Å². The Hall–Kier alpha value is -2.92. The summed E-state index contributed by atoms with van der Waals surface area (Å²) >= 11 is 0. The van der Waals surface area contributed by atoms with Crippen molar-refractivity contribution in [3.8, 4) is 0 Å². The number of nitrogens with one attached hydrogen (secondary N) is 1. The molecular formula is C40H44FeNO5P+. The molecule has 5 rings (SSSR count). The van der Waals surface area contributed by atoms with Crippen LogP contribution in [0.1, 0.15) is 18.9 Å². The number of hydrogen-bond donors (Lipinski definition) is 2. The van der Waals surface area contributed by atoms with E-state index >= 15 is 0 Å². The number of ether oxygens (including phenoxy) is 2. The molecule has 4 aromatic rings. The van der Waals surface area contributed by atoms with Crippen LogP contribution < -0.4 is 21.2 Å². The Morgan fingerprint density at radius 1 is 0.708 bits per heavy atom. The molecule has 48 heavy (non-hydrogen) atoms. The molecule has 8 heteroatoms. The van der Waals surface area contributed by atoms with Crippen LogP contribution in [0.15, 0.2) is 121 Å². The number of methoxy groups -OCH3 is 2. The molecule has 0 heterocycles. The number of rotatable bonds is 13. The van der Waals surface area contributed by atoms with E-state index in [1.807, 2.05) is 68.7 Å². The summed E-state index contributed by atoms with van der Waals surface area (Å²) in [5.41, 5.74) is 1.10. The van der Waals surface area contributed by atoms with Gasteiger partial charge in [-0.15, -0.1) is 0 Å². The van der Waals surface area contributed by atoms with Crippen LogP contribution in [0.2, 0.25) is 0 Å². The van der Waals surface area contributed by atoms with E-state index in [1.165, 1.54) is 15.9 Å². The van der Waals surface area contributed by atoms with Gasteiger partial charge in [0.05, 0.1) is 0 Å². The zero-order valence-electron chi connectivity index (χ0n) is 27.5.